The van der Waals surface area contributed by atoms with E-state index in [0.29, 0.717) is 0 Å². The molecule has 10 heteroatoms. The second-order valence-corrected chi connectivity index (χ2v) is 10.9. The summed E-state index contributed by atoms with van der Waals surface area (Å²) in [6.45, 7) is 4.54. The molecular formula is C31H29F2N5O3. The number of methoxy groups -OCH3 is 1. The molecule has 0 saturated carbocycles. The van der Waals surface area contributed by atoms with E-state index < -0.39 is 28.8 Å². The molecule has 1 aliphatic rings. The van der Waals surface area contributed by atoms with Crippen molar-refractivity contribution >= 4 is 11.6 Å². The molecule has 1 aliphatic heterocycles. The predicted octanol–water partition coefficient (Wildman–Crippen LogP) is 5.80. The molecule has 0 saturated heterocycles. The highest BCUT2D eigenvalue weighted by Crippen LogP contribution is 2.44. The largest absolute Gasteiger partial charge is 0.497 e. The summed E-state index contributed by atoms with van der Waals surface area (Å²) < 4.78 is 42.2. The highest BCUT2D eigenvalue weighted by Gasteiger charge is 2.42. The van der Waals surface area contributed by atoms with Gasteiger partial charge in [-0.05, 0) is 61.7 Å². The fourth-order valence-corrected chi connectivity index (χ4v) is 4.86. The Bertz CT molecular complexity index is 1640. The zero-order chi connectivity index (χ0) is 29.5. The number of nitrogens with zero attached hydrogens (tertiary/aromatic N) is 4. The van der Waals surface area contributed by atoms with E-state index in [1.807, 2.05) is 48.5 Å². The van der Waals surface area contributed by atoms with Crippen molar-refractivity contribution in [2.75, 3.05) is 12.0 Å². The van der Waals surface area contributed by atoms with Gasteiger partial charge in [0.1, 0.15) is 22.7 Å². The molecule has 5 rings (SSSR count). The molecule has 2 atom stereocenters. The van der Waals surface area contributed by atoms with Crippen LogP contribution in [0.5, 0.6) is 5.75 Å². The van der Waals surface area contributed by atoms with Gasteiger partial charge >= 0.3 is 0 Å². The van der Waals surface area contributed by atoms with Crippen molar-refractivity contribution in [3.63, 3.8) is 0 Å². The molecule has 4 aromatic rings. The number of halogens is 2. The van der Waals surface area contributed by atoms with E-state index in [9.17, 15) is 10.1 Å². The molecule has 41 heavy (non-hydrogen) atoms. The monoisotopic (exact) mass is 557 g/mol. The number of benzene rings is 3. The Morgan fingerprint density at radius 3 is 2.39 bits per heavy atom. The number of hydrogen-bond donors (Lipinski definition) is 1. The highest BCUT2D eigenvalue weighted by molar-refractivity contribution is 5.99. The molecule has 1 aromatic heterocycles. The molecule has 2 heterocycles. The van der Waals surface area contributed by atoms with Gasteiger partial charge in [-0.25, -0.2) is 8.78 Å². The maximum absolute atomic E-state index is 16.0. The Morgan fingerprint density at radius 1 is 1.15 bits per heavy atom. The molecule has 1 amide bonds. The van der Waals surface area contributed by atoms with Crippen molar-refractivity contribution < 1.29 is 22.7 Å². The van der Waals surface area contributed by atoms with Crippen molar-refractivity contribution in [3.05, 3.63) is 83.5 Å². The fraction of sp³-hybridized carbons (Fsp3) is 0.290. The van der Waals surface area contributed by atoms with Gasteiger partial charge < -0.3 is 19.8 Å². The third-order valence-corrected chi connectivity index (χ3v) is 7.31. The van der Waals surface area contributed by atoms with E-state index in [-0.39, 0.29) is 41.6 Å². The lowest BCUT2D eigenvalue weighted by Gasteiger charge is -2.26. The number of amides is 1. The summed E-state index contributed by atoms with van der Waals surface area (Å²) in [5, 5.41) is 17.2. The molecule has 0 fully saturated rings. The lowest BCUT2D eigenvalue weighted by atomic mass is 9.90. The van der Waals surface area contributed by atoms with Crippen molar-refractivity contribution in [2.24, 2.45) is 5.73 Å². The molecule has 0 bridgehead atoms. The quantitative estimate of drug-likeness (QED) is 0.318. The SMILES string of the molecule is COc1ccc(-c2ccc(CN3C(=O)[C@@H](N)CC(C)(F)c4cc(F)c(-c5nnc(C(C)(C)C#N)o5)cc43)cc2)cc1. The Balaban J connectivity index is 1.55. The van der Waals surface area contributed by atoms with Gasteiger partial charge in [-0.3, -0.25) is 4.79 Å². The number of nitriles is 1. The van der Waals surface area contributed by atoms with E-state index in [1.165, 1.54) is 17.9 Å². The van der Waals surface area contributed by atoms with E-state index in [2.05, 4.69) is 16.3 Å². The Kier molecular flexibility index (Phi) is 7.09. The minimum Gasteiger partial charge on any atom is -0.497 e. The van der Waals surface area contributed by atoms with Crippen molar-refractivity contribution in [3.8, 4) is 34.4 Å². The second kappa shape index (κ2) is 10.4. The van der Waals surface area contributed by atoms with Crippen LogP contribution in [0, 0.1) is 17.1 Å². The fourth-order valence-electron chi connectivity index (χ4n) is 4.86. The Hall–Kier alpha value is -4.62. The summed E-state index contributed by atoms with van der Waals surface area (Å²) in [6.07, 6.45) is -0.314. The average Bonchev–Trinajstić information content (AvgIpc) is 3.45. The minimum absolute atomic E-state index is 0.00609. The van der Waals surface area contributed by atoms with Gasteiger partial charge in [0.05, 0.1) is 37.0 Å². The van der Waals surface area contributed by atoms with E-state index in [4.69, 9.17) is 14.9 Å². The van der Waals surface area contributed by atoms with Crippen LogP contribution in [0.25, 0.3) is 22.6 Å². The van der Waals surface area contributed by atoms with E-state index >= 15 is 8.78 Å². The standard InChI is InChI=1S/C31H29F2N5O3/c1-30(2,17-34)29-37-36-27(41-29)22-13-26-23(14-24(22)32)31(3,33)15-25(35)28(39)38(26)16-18-5-7-19(8-6-18)20-9-11-21(40-4)12-10-20/h5-14,25H,15-16,35H2,1-4H3/t25-,31?/m0/s1. The summed E-state index contributed by atoms with van der Waals surface area (Å²) in [5.41, 5.74) is 5.71. The summed E-state index contributed by atoms with van der Waals surface area (Å²) >= 11 is 0. The first-order chi connectivity index (χ1) is 19.4. The van der Waals surface area contributed by atoms with Crippen LogP contribution in [-0.2, 0) is 22.4 Å². The molecule has 3 aromatic carbocycles. The number of carbonyl (C=O) groups is 1. The smallest absolute Gasteiger partial charge is 0.250 e. The van der Waals surface area contributed by atoms with Crippen LogP contribution in [0.4, 0.5) is 14.5 Å². The summed E-state index contributed by atoms with van der Waals surface area (Å²) in [5.74, 6) is -0.729. The zero-order valence-corrected chi connectivity index (χ0v) is 23.1. The number of anilines is 1. The number of carbonyl (C=O) groups excluding carboxylic acids is 1. The minimum atomic E-state index is -2.08. The molecule has 0 spiro atoms. The normalized spacial score (nSPS) is 18.9. The van der Waals surface area contributed by atoms with E-state index in [0.717, 1.165) is 28.5 Å². The average molecular weight is 558 g/mol. The number of alkyl halides is 1. The summed E-state index contributed by atoms with van der Waals surface area (Å²) in [7, 11) is 1.61. The molecule has 8 nitrogen and oxygen atoms in total. The van der Waals surface area contributed by atoms with Gasteiger partial charge in [-0.2, -0.15) is 5.26 Å². The zero-order valence-electron chi connectivity index (χ0n) is 23.1. The Morgan fingerprint density at radius 2 is 1.78 bits per heavy atom. The van der Waals surface area contributed by atoms with Crippen LogP contribution in [0.3, 0.4) is 0 Å². The van der Waals surface area contributed by atoms with Crippen LogP contribution >= 0.6 is 0 Å². The number of ether oxygens (including phenoxy) is 1. The molecule has 0 radical (unpaired) electrons. The first kappa shape index (κ1) is 27.9. The maximum Gasteiger partial charge on any atom is 0.250 e. The summed E-state index contributed by atoms with van der Waals surface area (Å²) in [4.78, 5) is 14.9. The van der Waals surface area contributed by atoms with Gasteiger partial charge in [-0.1, -0.05) is 36.4 Å². The van der Waals surface area contributed by atoms with Crippen LogP contribution in [0.1, 0.15) is 44.2 Å². The van der Waals surface area contributed by atoms with Crippen LogP contribution < -0.4 is 15.4 Å². The lowest BCUT2D eigenvalue weighted by molar-refractivity contribution is -0.120. The molecule has 210 valence electrons. The number of hydrogen-bond acceptors (Lipinski definition) is 7. The van der Waals surface area contributed by atoms with Crippen molar-refractivity contribution in [2.45, 2.75) is 50.9 Å². The molecule has 1 unspecified atom stereocenters. The third kappa shape index (κ3) is 5.28. The van der Waals surface area contributed by atoms with Gasteiger partial charge in [0.2, 0.25) is 11.8 Å². The first-order valence-electron chi connectivity index (χ1n) is 13.0. The van der Waals surface area contributed by atoms with Crippen LogP contribution in [-0.4, -0.2) is 29.3 Å². The molecule has 0 aliphatic carbocycles. The molecule has 2 N–H and O–H groups in total. The second-order valence-electron chi connectivity index (χ2n) is 10.9. The molecular weight excluding hydrogens is 528 g/mol. The number of nitrogens with two attached hydrogens (primary N) is 1. The number of rotatable bonds is 6. The van der Waals surface area contributed by atoms with Crippen LogP contribution in [0.15, 0.2) is 65.1 Å². The van der Waals surface area contributed by atoms with Crippen molar-refractivity contribution in [1.29, 1.82) is 5.26 Å². The van der Waals surface area contributed by atoms with Gasteiger partial charge in [0.25, 0.3) is 5.89 Å². The Labute approximate surface area is 236 Å². The highest BCUT2D eigenvalue weighted by atomic mass is 19.1. The number of aromatic nitrogens is 2. The predicted molar refractivity (Wildman–Crippen MR) is 149 cm³/mol. The van der Waals surface area contributed by atoms with Gasteiger partial charge in [0.15, 0.2) is 0 Å². The van der Waals surface area contributed by atoms with E-state index in [1.54, 1.807) is 21.0 Å². The van der Waals surface area contributed by atoms with Crippen molar-refractivity contribution in [1.82, 2.24) is 10.2 Å². The first-order valence-corrected chi connectivity index (χ1v) is 13.0. The third-order valence-electron chi connectivity index (χ3n) is 7.31. The van der Waals surface area contributed by atoms with Gasteiger partial charge in [0, 0.05) is 12.0 Å². The maximum atomic E-state index is 16.0. The lowest BCUT2D eigenvalue weighted by Crippen LogP contribution is -2.43. The summed E-state index contributed by atoms with van der Waals surface area (Å²) in [6, 6.07) is 18.5. The number of fused-ring (bicyclic) bond motifs is 1. The van der Waals surface area contributed by atoms with Crippen LogP contribution in [0.2, 0.25) is 0 Å². The topological polar surface area (TPSA) is 118 Å². The van der Waals surface area contributed by atoms with Gasteiger partial charge in [-0.15, -0.1) is 10.2 Å².